The molecule has 39 heavy (non-hydrogen) atoms. The van der Waals surface area contributed by atoms with Crippen LogP contribution in [-0.2, 0) is 0 Å². The zero-order valence-electron chi connectivity index (χ0n) is 27.3. The summed E-state index contributed by atoms with van der Waals surface area (Å²) in [5.74, 6) is 0. The molecule has 0 spiro atoms. The van der Waals surface area contributed by atoms with Crippen molar-refractivity contribution in [2.75, 3.05) is 6.61 Å². The summed E-state index contributed by atoms with van der Waals surface area (Å²) < 4.78 is 0. The van der Waals surface area contributed by atoms with Crippen LogP contribution in [0.25, 0.3) is 0 Å². The van der Waals surface area contributed by atoms with Gasteiger partial charge in [0.2, 0.25) is 0 Å². The molecule has 0 saturated carbocycles. The van der Waals surface area contributed by atoms with E-state index in [-0.39, 0.29) is 0 Å². The summed E-state index contributed by atoms with van der Waals surface area (Å²) >= 11 is 0. The summed E-state index contributed by atoms with van der Waals surface area (Å²) in [7, 11) is 0. The minimum absolute atomic E-state index is 0.374. The molecule has 235 valence electrons. The van der Waals surface area contributed by atoms with Crippen LogP contribution >= 0.6 is 0 Å². The molecule has 0 bridgehead atoms. The van der Waals surface area contributed by atoms with Crippen molar-refractivity contribution in [2.24, 2.45) is 0 Å². The zero-order chi connectivity index (χ0) is 28.2. The Morgan fingerprint density at radius 2 is 0.333 bits per heavy atom. The maximum atomic E-state index is 8.79. The maximum Gasteiger partial charge on any atom is 0.0431 e. The van der Waals surface area contributed by atoms with E-state index in [1.807, 2.05) is 0 Å². The van der Waals surface area contributed by atoms with Crippen LogP contribution in [0.1, 0.15) is 231 Å². The zero-order valence-corrected chi connectivity index (χ0v) is 27.3. The Labute approximate surface area is 249 Å². The minimum atomic E-state index is 0.374. The second kappa shape index (κ2) is 38.0. The van der Waals surface area contributed by atoms with E-state index in [1.165, 1.54) is 218 Å². The monoisotopic (exact) mass is 550 g/mol. The van der Waals surface area contributed by atoms with E-state index in [0.717, 1.165) is 12.8 Å². The van der Waals surface area contributed by atoms with Crippen molar-refractivity contribution < 1.29 is 5.11 Å². The molecule has 0 aromatic carbocycles. The molecule has 0 heterocycles. The Hall–Kier alpha value is -0.0400. The average molecular weight is 550 g/mol. The van der Waals surface area contributed by atoms with Gasteiger partial charge in [0.15, 0.2) is 0 Å². The highest BCUT2D eigenvalue weighted by atomic mass is 16.2. The largest absolute Gasteiger partial charge is 0.396 e. The molecular formula is C38H77O. The summed E-state index contributed by atoms with van der Waals surface area (Å²) in [4.78, 5) is 0. The van der Waals surface area contributed by atoms with Gasteiger partial charge in [-0.3, -0.25) is 0 Å². The smallest absolute Gasteiger partial charge is 0.0431 e. The highest BCUT2D eigenvalue weighted by molar-refractivity contribution is 4.53. The Balaban J connectivity index is 3.01. The van der Waals surface area contributed by atoms with E-state index in [4.69, 9.17) is 5.11 Å². The molecule has 1 nitrogen and oxygen atoms in total. The van der Waals surface area contributed by atoms with Crippen molar-refractivity contribution in [1.29, 1.82) is 0 Å². The Morgan fingerprint density at radius 1 is 0.205 bits per heavy atom. The van der Waals surface area contributed by atoms with Crippen molar-refractivity contribution >= 4 is 0 Å². The normalized spacial score (nSPS) is 11.5. The van der Waals surface area contributed by atoms with E-state index in [9.17, 15) is 0 Å². The topological polar surface area (TPSA) is 20.2 Å². The molecule has 0 aliphatic rings. The van der Waals surface area contributed by atoms with E-state index < -0.39 is 0 Å². The van der Waals surface area contributed by atoms with E-state index in [1.54, 1.807) is 0 Å². The van der Waals surface area contributed by atoms with Crippen molar-refractivity contribution in [3.05, 3.63) is 6.92 Å². The highest BCUT2D eigenvalue weighted by Crippen LogP contribution is 2.17. The molecule has 1 heteroatoms. The summed E-state index contributed by atoms with van der Waals surface area (Å²) in [6, 6.07) is 0. The number of aliphatic hydroxyl groups is 1. The van der Waals surface area contributed by atoms with Crippen LogP contribution in [0, 0.1) is 6.92 Å². The Morgan fingerprint density at radius 3 is 0.462 bits per heavy atom. The van der Waals surface area contributed by atoms with Crippen LogP contribution in [0.2, 0.25) is 0 Å². The van der Waals surface area contributed by atoms with Gasteiger partial charge in [0.1, 0.15) is 0 Å². The fourth-order valence-corrected chi connectivity index (χ4v) is 6.12. The lowest BCUT2D eigenvalue weighted by atomic mass is 10.0. The first kappa shape index (κ1) is 39.0. The van der Waals surface area contributed by atoms with E-state index >= 15 is 0 Å². The summed E-state index contributed by atoms with van der Waals surface area (Å²) in [6.45, 7) is 4.30. The second-order valence-corrected chi connectivity index (χ2v) is 13.0. The van der Waals surface area contributed by atoms with E-state index in [0.29, 0.717) is 6.61 Å². The lowest BCUT2D eigenvalue weighted by Crippen LogP contribution is -1.85. The predicted molar refractivity (Wildman–Crippen MR) is 179 cm³/mol. The van der Waals surface area contributed by atoms with Gasteiger partial charge >= 0.3 is 0 Å². The summed E-state index contributed by atoms with van der Waals surface area (Å²) in [6.07, 6.45) is 51.4. The molecule has 0 aromatic rings. The van der Waals surface area contributed by atoms with Crippen LogP contribution in [0.5, 0.6) is 0 Å². The number of hydrogen-bond acceptors (Lipinski definition) is 1. The molecule has 0 fully saturated rings. The summed E-state index contributed by atoms with van der Waals surface area (Å²) in [5, 5.41) is 8.79. The Bertz CT molecular complexity index is 356. The van der Waals surface area contributed by atoms with Crippen LogP contribution in [0.4, 0.5) is 0 Å². The van der Waals surface area contributed by atoms with Gasteiger partial charge in [-0.25, -0.2) is 0 Å². The third kappa shape index (κ3) is 38.0. The van der Waals surface area contributed by atoms with Crippen LogP contribution < -0.4 is 0 Å². The molecule has 0 atom stereocenters. The average Bonchev–Trinajstić information content (AvgIpc) is 2.95. The first-order valence-electron chi connectivity index (χ1n) is 18.8. The van der Waals surface area contributed by atoms with Gasteiger partial charge in [-0.2, -0.15) is 0 Å². The molecule has 0 rings (SSSR count). The lowest BCUT2D eigenvalue weighted by molar-refractivity contribution is 0.282. The molecule has 1 N–H and O–H groups in total. The fourth-order valence-electron chi connectivity index (χ4n) is 6.12. The quantitative estimate of drug-likeness (QED) is 0.0770. The van der Waals surface area contributed by atoms with Crippen LogP contribution in [0.15, 0.2) is 0 Å². The fraction of sp³-hybridized carbons (Fsp3) is 0.974. The number of unbranched alkanes of at least 4 members (excludes halogenated alkanes) is 35. The van der Waals surface area contributed by atoms with Crippen LogP contribution in [-0.4, -0.2) is 11.7 Å². The van der Waals surface area contributed by atoms with E-state index in [2.05, 4.69) is 6.92 Å². The number of aliphatic hydroxyl groups excluding tert-OH is 1. The van der Waals surface area contributed by atoms with Gasteiger partial charge in [0, 0.05) is 6.61 Å². The molecule has 0 unspecified atom stereocenters. The molecule has 0 saturated heterocycles. The van der Waals surface area contributed by atoms with Gasteiger partial charge in [-0.05, 0) is 6.42 Å². The van der Waals surface area contributed by atoms with Gasteiger partial charge in [0.05, 0.1) is 0 Å². The maximum absolute atomic E-state index is 8.79. The van der Waals surface area contributed by atoms with Gasteiger partial charge < -0.3 is 5.11 Å². The molecular weight excluding hydrogens is 472 g/mol. The molecule has 0 aromatic heterocycles. The molecule has 1 radical (unpaired) electrons. The molecule has 0 amide bonds. The van der Waals surface area contributed by atoms with Crippen LogP contribution in [0.3, 0.4) is 0 Å². The standard InChI is InChI=1S/C38H77O/c1-2-3-4-5-6-7-8-9-10-11-12-13-14-15-16-17-18-19-20-21-22-23-24-25-26-27-28-29-30-31-32-33-34-35-36-37-38-39/h39H,1-38H2. The number of hydrogen-bond donors (Lipinski definition) is 1. The van der Waals surface area contributed by atoms with Gasteiger partial charge in [-0.15, -0.1) is 0 Å². The third-order valence-electron chi connectivity index (χ3n) is 8.91. The predicted octanol–water partition coefficient (Wildman–Crippen LogP) is 13.9. The van der Waals surface area contributed by atoms with Gasteiger partial charge in [0.25, 0.3) is 0 Å². The Kier molecular flexibility index (Phi) is 37.9. The lowest BCUT2D eigenvalue weighted by Gasteiger charge is -2.05. The first-order valence-corrected chi connectivity index (χ1v) is 18.8. The minimum Gasteiger partial charge on any atom is -0.396 e. The molecule has 0 aliphatic heterocycles. The van der Waals surface area contributed by atoms with Crippen molar-refractivity contribution in [3.8, 4) is 0 Å². The second-order valence-electron chi connectivity index (χ2n) is 13.0. The number of rotatable bonds is 36. The van der Waals surface area contributed by atoms with Gasteiger partial charge in [-0.1, -0.05) is 232 Å². The third-order valence-corrected chi connectivity index (χ3v) is 8.91. The van der Waals surface area contributed by atoms with Crippen molar-refractivity contribution in [2.45, 2.75) is 231 Å². The van der Waals surface area contributed by atoms with Crippen molar-refractivity contribution in [3.63, 3.8) is 0 Å². The highest BCUT2D eigenvalue weighted by Gasteiger charge is 1.97. The molecule has 0 aliphatic carbocycles. The SMILES string of the molecule is [CH2]CCCCCCCCCCCCCCCCCCCCCCCCCCCCCCCCCCCCCO. The van der Waals surface area contributed by atoms with Crippen molar-refractivity contribution in [1.82, 2.24) is 0 Å². The summed E-state index contributed by atoms with van der Waals surface area (Å²) in [5.41, 5.74) is 0. The first-order chi connectivity index (χ1) is 19.4.